The molecule has 0 atom stereocenters. The van der Waals surface area contributed by atoms with Crippen molar-refractivity contribution in [2.45, 2.75) is 11.7 Å². The second-order valence-corrected chi connectivity index (χ2v) is 6.71. The van der Waals surface area contributed by atoms with E-state index in [0.717, 1.165) is 39.4 Å². The maximum atomic E-state index is 12.0. The Morgan fingerprint density at radius 3 is 2.92 bits per heavy atom. The Bertz CT molecular complexity index is 1150. The van der Waals surface area contributed by atoms with Crippen molar-refractivity contribution in [2.75, 3.05) is 11.6 Å². The van der Waals surface area contributed by atoms with Crippen LogP contribution in [0.15, 0.2) is 58.7 Å². The van der Waals surface area contributed by atoms with Crippen LogP contribution in [0.3, 0.4) is 0 Å². The standard InChI is InChI=1S/C18H14N6OS/c1-26-18-20-9-11-10-23-17(21-16(11)22-18)13-6-5-12(25)8-14(13)24(23)15-4-2-3-7-19-15/h2-9H,10H2,1H3,(H,20,21,22). The van der Waals surface area contributed by atoms with Crippen molar-refractivity contribution in [1.29, 1.82) is 0 Å². The van der Waals surface area contributed by atoms with Crippen molar-refractivity contribution in [3.8, 4) is 17.1 Å². The van der Waals surface area contributed by atoms with Gasteiger partial charge in [-0.2, -0.15) is 0 Å². The molecule has 0 saturated heterocycles. The highest BCUT2D eigenvalue weighted by Crippen LogP contribution is 2.39. The lowest BCUT2D eigenvalue weighted by atomic mass is 10.1. The first kappa shape index (κ1) is 15.2. The number of aromatic nitrogens is 5. The molecule has 128 valence electrons. The summed E-state index contributed by atoms with van der Waals surface area (Å²) in [5.41, 5.74) is 2.71. The first-order chi connectivity index (χ1) is 12.7. The maximum absolute atomic E-state index is 12.0. The van der Waals surface area contributed by atoms with E-state index < -0.39 is 0 Å². The molecule has 1 N–H and O–H groups in total. The summed E-state index contributed by atoms with van der Waals surface area (Å²) >= 11 is 1.51. The van der Waals surface area contributed by atoms with Gasteiger partial charge >= 0.3 is 0 Å². The van der Waals surface area contributed by atoms with Crippen LogP contribution in [0.2, 0.25) is 0 Å². The molecule has 0 unspecified atom stereocenters. The molecule has 0 bridgehead atoms. The molecule has 0 amide bonds. The smallest absolute Gasteiger partial charge is 0.189 e. The maximum Gasteiger partial charge on any atom is 0.189 e. The van der Waals surface area contributed by atoms with Crippen LogP contribution in [0.5, 0.6) is 0 Å². The summed E-state index contributed by atoms with van der Waals surface area (Å²) < 4.78 is 4.03. The Morgan fingerprint density at radius 2 is 2.12 bits per heavy atom. The number of benzene rings is 1. The molecule has 2 aromatic heterocycles. The first-order valence-electron chi connectivity index (χ1n) is 8.08. The highest BCUT2D eigenvalue weighted by Gasteiger charge is 2.27. The van der Waals surface area contributed by atoms with Gasteiger partial charge in [0.25, 0.3) is 0 Å². The fraction of sp³-hybridized carbons (Fsp3) is 0.111. The summed E-state index contributed by atoms with van der Waals surface area (Å²) in [6.45, 7) is 0.589. The number of anilines is 2. The number of hydrogen-bond acceptors (Lipinski definition) is 6. The third kappa shape index (κ3) is 2.22. The number of hydrogen-bond donors (Lipinski definition) is 1. The normalized spacial score (nSPS) is 12.5. The van der Waals surface area contributed by atoms with Gasteiger partial charge in [0.05, 0.1) is 12.2 Å². The molecule has 5 rings (SSSR count). The van der Waals surface area contributed by atoms with Crippen molar-refractivity contribution < 1.29 is 0 Å². The van der Waals surface area contributed by atoms with Crippen LogP contribution in [0.1, 0.15) is 5.56 Å². The van der Waals surface area contributed by atoms with Gasteiger partial charge in [-0.15, -0.1) is 0 Å². The molecule has 7 nitrogen and oxygen atoms in total. The predicted octanol–water partition coefficient (Wildman–Crippen LogP) is 2.76. The molecule has 0 saturated carbocycles. The number of nitrogens with zero attached hydrogens (tertiary/aromatic N) is 5. The van der Waals surface area contributed by atoms with Gasteiger partial charge in [0.2, 0.25) is 0 Å². The third-order valence-corrected chi connectivity index (χ3v) is 4.96. The lowest BCUT2D eigenvalue weighted by molar-refractivity contribution is 0.596. The number of fused-ring (bicyclic) bond motifs is 4. The number of rotatable bonds is 2. The molecule has 1 aliphatic carbocycles. The largest absolute Gasteiger partial charge is 0.324 e. The van der Waals surface area contributed by atoms with E-state index in [1.54, 1.807) is 18.3 Å². The van der Waals surface area contributed by atoms with Crippen LogP contribution in [-0.4, -0.2) is 30.6 Å². The summed E-state index contributed by atoms with van der Waals surface area (Å²) in [5.74, 6) is 2.45. The van der Waals surface area contributed by atoms with E-state index in [1.165, 1.54) is 11.8 Å². The molecule has 2 aromatic rings. The van der Waals surface area contributed by atoms with Crippen molar-refractivity contribution in [1.82, 2.24) is 24.3 Å². The monoisotopic (exact) mass is 362 g/mol. The van der Waals surface area contributed by atoms with Gasteiger partial charge in [0, 0.05) is 29.6 Å². The minimum absolute atomic E-state index is 0.0351. The van der Waals surface area contributed by atoms with Crippen molar-refractivity contribution >= 4 is 23.4 Å². The highest BCUT2D eigenvalue weighted by molar-refractivity contribution is 7.98. The molecule has 0 spiro atoms. The fourth-order valence-electron chi connectivity index (χ4n) is 3.25. The van der Waals surface area contributed by atoms with E-state index in [9.17, 15) is 4.79 Å². The predicted molar refractivity (Wildman–Crippen MR) is 101 cm³/mol. The summed E-state index contributed by atoms with van der Waals surface area (Å²) in [6.07, 6.45) is 5.54. The Kier molecular flexibility index (Phi) is 3.32. The average molecular weight is 362 g/mol. The quantitative estimate of drug-likeness (QED) is 0.384. The summed E-state index contributed by atoms with van der Waals surface area (Å²) in [4.78, 5) is 25.4. The van der Waals surface area contributed by atoms with E-state index in [4.69, 9.17) is 0 Å². The zero-order valence-electron chi connectivity index (χ0n) is 13.9. The molecule has 8 heteroatoms. The van der Waals surface area contributed by atoms with Gasteiger partial charge in [-0.3, -0.25) is 9.48 Å². The third-order valence-electron chi connectivity index (χ3n) is 4.40. The lowest BCUT2D eigenvalue weighted by Gasteiger charge is -2.22. The molecular weight excluding hydrogens is 348 g/mol. The number of thioether (sulfide) groups is 1. The highest BCUT2D eigenvalue weighted by atomic mass is 32.2. The molecule has 0 radical (unpaired) electrons. The van der Waals surface area contributed by atoms with Gasteiger partial charge in [-0.1, -0.05) is 17.8 Å². The Hall–Kier alpha value is -3.13. The second-order valence-electron chi connectivity index (χ2n) is 5.94. The van der Waals surface area contributed by atoms with Gasteiger partial charge in [0.15, 0.2) is 16.4 Å². The average Bonchev–Trinajstić information content (AvgIpc) is 2.98. The Balaban J connectivity index is 1.78. The number of pyridine rings is 1. The van der Waals surface area contributed by atoms with E-state index >= 15 is 0 Å². The van der Waals surface area contributed by atoms with Gasteiger partial charge < -0.3 is 5.32 Å². The number of nitrogens with one attached hydrogen (secondary N) is 1. The zero-order valence-corrected chi connectivity index (χ0v) is 14.7. The van der Waals surface area contributed by atoms with Crippen molar-refractivity contribution in [2.24, 2.45) is 0 Å². The van der Waals surface area contributed by atoms with E-state index in [2.05, 4.69) is 25.0 Å². The van der Waals surface area contributed by atoms with Crippen molar-refractivity contribution in [3.05, 3.63) is 64.6 Å². The molecular formula is C18H14N6OS. The molecule has 2 aliphatic heterocycles. The van der Waals surface area contributed by atoms with Gasteiger partial charge in [-0.25, -0.2) is 19.6 Å². The van der Waals surface area contributed by atoms with Crippen LogP contribution >= 0.6 is 11.8 Å². The van der Waals surface area contributed by atoms with Crippen molar-refractivity contribution in [3.63, 3.8) is 0 Å². The fourth-order valence-corrected chi connectivity index (χ4v) is 3.59. The van der Waals surface area contributed by atoms with Crippen LogP contribution in [0, 0.1) is 0 Å². The van der Waals surface area contributed by atoms with Gasteiger partial charge in [-0.05, 0) is 30.5 Å². The van der Waals surface area contributed by atoms with Gasteiger partial charge in [0.1, 0.15) is 11.6 Å². The minimum Gasteiger partial charge on any atom is -0.324 e. The molecule has 0 aromatic carbocycles. The van der Waals surface area contributed by atoms with E-state index in [-0.39, 0.29) is 5.43 Å². The summed E-state index contributed by atoms with van der Waals surface area (Å²) in [7, 11) is 0. The van der Waals surface area contributed by atoms with E-state index in [0.29, 0.717) is 6.54 Å². The topological polar surface area (TPSA) is 77.6 Å². The van der Waals surface area contributed by atoms with Crippen LogP contribution in [0.25, 0.3) is 17.1 Å². The molecule has 0 fully saturated rings. The first-order valence-corrected chi connectivity index (χ1v) is 9.31. The Labute approximate surface area is 153 Å². The second kappa shape index (κ2) is 5.70. The van der Waals surface area contributed by atoms with Crippen LogP contribution < -0.4 is 10.7 Å². The Morgan fingerprint density at radius 1 is 1.19 bits per heavy atom. The summed E-state index contributed by atoms with van der Waals surface area (Å²) in [6, 6.07) is 10.8. The van der Waals surface area contributed by atoms with E-state index in [1.807, 2.05) is 41.4 Å². The lowest BCUT2D eigenvalue weighted by Crippen LogP contribution is -2.20. The zero-order chi connectivity index (χ0) is 17.7. The minimum atomic E-state index is -0.0351. The van der Waals surface area contributed by atoms with Crippen LogP contribution in [0.4, 0.5) is 11.6 Å². The summed E-state index contributed by atoms with van der Waals surface area (Å²) in [5, 5.41) is 4.14. The molecule has 3 aliphatic rings. The molecule has 4 heterocycles. The SMILES string of the molecule is CSc1ncc2c(n1)Nc1c3ccc(=O)cc-3n(-c3ccccn3)n1C2. The molecule has 26 heavy (non-hydrogen) atoms. The van der Waals surface area contributed by atoms with Crippen LogP contribution in [-0.2, 0) is 6.54 Å².